The highest BCUT2D eigenvalue weighted by Gasteiger charge is 2.42. The van der Waals surface area contributed by atoms with Crippen molar-refractivity contribution in [1.82, 2.24) is 10.2 Å². The van der Waals surface area contributed by atoms with E-state index in [0.717, 1.165) is 24.5 Å². The molecule has 2 aromatic carbocycles. The predicted molar refractivity (Wildman–Crippen MR) is 127 cm³/mol. The quantitative estimate of drug-likeness (QED) is 0.534. The van der Waals surface area contributed by atoms with Crippen molar-refractivity contribution in [3.05, 3.63) is 59.1 Å². The molecule has 1 fully saturated rings. The summed E-state index contributed by atoms with van der Waals surface area (Å²) in [5.41, 5.74) is 1.78. The van der Waals surface area contributed by atoms with Gasteiger partial charge in [0.05, 0.1) is 13.7 Å². The van der Waals surface area contributed by atoms with Crippen molar-refractivity contribution in [1.29, 1.82) is 0 Å². The molecule has 0 unspecified atom stereocenters. The summed E-state index contributed by atoms with van der Waals surface area (Å²) in [6.45, 7) is 4.75. The number of nitrogens with one attached hydrogen (secondary N) is 1. The topological polar surface area (TPSA) is 83.5 Å². The Labute approximate surface area is 198 Å². The van der Waals surface area contributed by atoms with Crippen molar-refractivity contribution in [2.24, 2.45) is 10.9 Å². The molecular weight excluding hydrogens is 444 g/mol. The fraction of sp³-hybridized carbons (Fsp3) is 0.375. The molecule has 2 aliphatic heterocycles. The van der Waals surface area contributed by atoms with Crippen LogP contribution in [0, 0.1) is 5.92 Å². The van der Waals surface area contributed by atoms with Crippen LogP contribution in [-0.2, 0) is 14.3 Å². The molecule has 0 bridgehead atoms. The van der Waals surface area contributed by atoms with Crippen molar-refractivity contribution in [3.8, 4) is 5.75 Å². The van der Waals surface area contributed by atoms with Crippen LogP contribution in [0.4, 0.5) is 5.69 Å². The number of esters is 1. The van der Waals surface area contributed by atoms with E-state index < -0.39 is 23.8 Å². The molecule has 2 aliphatic rings. The van der Waals surface area contributed by atoms with Gasteiger partial charge in [0.25, 0.3) is 0 Å². The molecule has 2 aromatic rings. The molecule has 1 amide bonds. The molecule has 0 saturated carbocycles. The first kappa shape index (κ1) is 22.9. The third-order valence-electron chi connectivity index (χ3n) is 5.82. The molecule has 0 aliphatic carbocycles. The zero-order valence-electron chi connectivity index (χ0n) is 18.7. The van der Waals surface area contributed by atoms with Gasteiger partial charge >= 0.3 is 5.97 Å². The third kappa shape index (κ3) is 5.06. The normalized spacial score (nSPS) is 20.7. The number of hydrogen-bond acceptors (Lipinski definition) is 7. The first-order valence-corrected chi connectivity index (χ1v) is 11.3. The summed E-state index contributed by atoms with van der Waals surface area (Å²) >= 11 is 6.18. The Morgan fingerprint density at radius 2 is 1.85 bits per heavy atom. The molecule has 0 aromatic heterocycles. The number of hydrogen-bond donors (Lipinski definition) is 1. The van der Waals surface area contributed by atoms with Crippen molar-refractivity contribution in [2.75, 3.05) is 44.8 Å². The predicted octanol–water partition coefficient (Wildman–Crippen LogP) is 2.88. The Hall–Kier alpha value is -3.26. The monoisotopic (exact) mass is 470 g/mol. The first-order valence-electron chi connectivity index (χ1n) is 10.9. The molecule has 174 valence electrons. The standard InChI is InChI=1S/C24H27ClN4O4/c1-3-33-23(31)20-21(16-6-4-7-17(25)14-16)26-24(27-22(20)30)29-12-10-28(11-13-29)18-8-5-9-19(15-18)32-2/h4-9,14-15,20-21H,3,10-13H2,1-2H3,(H,26,27,30)/t20-,21-/m1/s1. The number of anilines is 1. The molecule has 0 spiro atoms. The zero-order valence-corrected chi connectivity index (χ0v) is 19.4. The van der Waals surface area contributed by atoms with Gasteiger partial charge in [-0.25, -0.2) is 4.99 Å². The van der Waals surface area contributed by atoms with Gasteiger partial charge in [0, 0.05) is 43.0 Å². The second-order valence-electron chi connectivity index (χ2n) is 7.85. The fourth-order valence-electron chi connectivity index (χ4n) is 4.14. The van der Waals surface area contributed by atoms with Crippen LogP contribution in [0.2, 0.25) is 5.02 Å². The van der Waals surface area contributed by atoms with Gasteiger partial charge in [-0.05, 0) is 36.8 Å². The van der Waals surface area contributed by atoms with Gasteiger partial charge in [0.15, 0.2) is 5.92 Å². The Balaban J connectivity index is 1.55. The summed E-state index contributed by atoms with van der Waals surface area (Å²) in [7, 11) is 1.65. The van der Waals surface area contributed by atoms with E-state index in [1.54, 1.807) is 32.2 Å². The zero-order chi connectivity index (χ0) is 23.4. The van der Waals surface area contributed by atoms with Crippen LogP contribution >= 0.6 is 11.6 Å². The number of rotatable bonds is 5. The Morgan fingerprint density at radius 3 is 2.55 bits per heavy atom. The molecule has 2 atom stereocenters. The maximum atomic E-state index is 13.0. The van der Waals surface area contributed by atoms with Crippen molar-refractivity contribution < 1.29 is 19.1 Å². The van der Waals surface area contributed by atoms with Crippen molar-refractivity contribution in [3.63, 3.8) is 0 Å². The lowest BCUT2D eigenvalue weighted by atomic mass is 9.91. The van der Waals surface area contributed by atoms with E-state index in [0.29, 0.717) is 29.6 Å². The number of guanidine groups is 1. The number of methoxy groups -OCH3 is 1. The molecule has 33 heavy (non-hydrogen) atoms. The summed E-state index contributed by atoms with van der Waals surface area (Å²) in [5, 5.41) is 3.35. The maximum absolute atomic E-state index is 13.0. The average molecular weight is 471 g/mol. The minimum absolute atomic E-state index is 0.188. The van der Waals surface area contributed by atoms with Crippen LogP contribution in [0.5, 0.6) is 5.75 Å². The minimum atomic E-state index is -1.06. The summed E-state index contributed by atoms with van der Waals surface area (Å²) in [5.74, 6) is -0.793. The lowest BCUT2D eigenvalue weighted by Crippen LogP contribution is -2.57. The van der Waals surface area contributed by atoms with Crippen LogP contribution in [0.25, 0.3) is 0 Å². The lowest BCUT2D eigenvalue weighted by molar-refractivity contribution is -0.153. The summed E-state index contributed by atoms with van der Waals surface area (Å²) in [4.78, 5) is 34.7. The number of benzene rings is 2. The Bertz CT molecular complexity index is 1050. The number of nitrogens with zero attached hydrogens (tertiary/aromatic N) is 3. The molecule has 9 heteroatoms. The maximum Gasteiger partial charge on any atom is 0.321 e. The van der Waals surface area contributed by atoms with Gasteiger partial charge in [0.2, 0.25) is 11.9 Å². The number of halogens is 1. The molecule has 2 heterocycles. The number of carbonyl (C=O) groups excluding carboxylic acids is 2. The van der Waals surface area contributed by atoms with E-state index in [1.165, 1.54) is 0 Å². The molecule has 4 rings (SSSR count). The molecular formula is C24H27ClN4O4. The van der Waals surface area contributed by atoms with E-state index in [9.17, 15) is 9.59 Å². The summed E-state index contributed by atoms with van der Waals surface area (Å²) in [6.07, 6.45) is 0. The van der Waals surface area contributed by atoms with Gasteiger partial charge in [0.1, 0.15) is 11.8 Å². The third-order valence-corrected chi connectivity index (χ3v) is 6.06. The van der Waals surface area contributed by atoms with Crippen LogP contribution in [0.1, 0.15) is 18.5 Å². The average Bonchev–Trinajstić information content (AvgIpc) is 2.83. The molecule has 0 radical (unpaired) electrons. The second-order valence-corrected chi connectivity index (χ2v) is 8.28. The SMILES string of the molecule is CCOC(=O)[C@H]1C(=O)NC(N2CCN(c3cccc(OC)c3)CC2)=N[C@@H]1c1cccc(Cl)c1. The Kier molecular flexibility index (Phi) is 7.03. The van der Waals surface area contributed by atoms with E-state index in [2.05, 4.69) is 16.3 Å². The van der Waals surface area contributed by atoms with E-state index in [4.69, 9.17) is 26.1 Å². The summed E-state index contributed by atoms with van der Waals surface area (Å²) in [6, 6.07) is 14.3. The van der Waals surface area contributed by atoms with Crippen molar-refractivity contribution >= 4 is 35.1 Å². The molecule has 1 saturated heterocycles. The number of amides is 1. The van der Waals surface area contributed by atoms with Crippen molar-refractivity contribution in [2.45, 2.75) is 13.0 Å². The van der Waals surface area contributed by atoms with Gasteiger partial charge in [-0.1, -0.05) is 29.8 Å². The Morgan fingerprint density at radius 1 is 1.12 bits per heavy atom. The van der Waals surface area contributed by atoms with E-state index in [-0.39, 0.29) is 6.61 Å². The van der Waals surface area contributed by atoms with Gasteiger partial charge in [-0.15, -0.1) is 0 Å². The molecule has 1 N–H and O–H groups in total. The molecule has 8 nitrogen and oxygen atoms in total. The van der Waals surface area contributed by atoms with Gasteiger partial charge in [-0.3, -0.25) is 14.9 Å². The first-order chi connectivity index (χ1) is 16.0. The minimum Gasteiger partial charge on any atom is -0.497 e. The largest absolute Gasteiger partial charge is 0.497 e. The van der Waals surface area contributed by atoms with Crippen LogP contribution in [0.3, 0.4) is 0 Å². The van der Waals surface area contributed by atoms with Crippen LogP contribution in [0.15, 0.2) is 53.5 Å². The lowest BCUT2D eigenvalue weighted by Gasteiger charge is -2.39. The van der Waals surface area contributed by atoms with Gasteiger partial charge < -0.3 is 19.3 Å². The smallest absolute Gasteiger partial charge is 0.321 e. The highest BCUT2D eigenvalue weighted by Crippen LogP contribution is 2.32. The summed E-state index contributed by atoms with van der Waals surface area (Å²) < 4.78 is 10.5. The van der Waals surface area contributed by atoms with E-state index >= 15 is 0 Å². The highest BCUT2D eigenvalue weighted by atomic mass is 35.5. The number of carbonyl (C=O) groups is 2. The number of ether oxygens (including phenoxy) is 2. The van der Waals surface area contributed by atoms with Crippen LogP contribution in [-0.4, -0.2) is 62.6 Å². The number of piperazine rings is 1. The highest BCUT2D eigenvalue weighted by molar-refractivity contribution is 6.30. The fourth-order valence-corrected chi connectivity index (χ4v) is 4.34. The van der Waals surface area contributed by atoms with Crippen LogP contribution < -0.4 is 15.0 Å². The van der Waals surface area contributed by atoms with Gasteiger partial charge in [-0.2, -0.15) is 0 Å². The second kappa shape index (κ2) is 10.1. The van der Waals surface area contributed by atoms with E-state index in [1.807, 2.05) is 29.2 Å². The number of aliphatic imine (C=N–C) groups is 1.